The lowest BCUT2D eigenvalue weighted by atomic mass is 9.96. The highest BCUT2D eigenvalue weighted by atomic mass is 16.5. The summed E-state index contributed by atoms with van der Waals surface area (Å²) in [5, 5.41) is 14.4. The summed E-state index contributed by atoms with van der Waals surface area (Å²) >= 11 is 0. The third-order valence-electron chi connectivity index (χ3n) is 4.82. The molecule has 0 bridgehead atoms. The average molecular weight is 398 g/mol. The zero-order valence-corrected chi connectivity index (χ0v) is 16.6. The van der Waals surface area contributed by atoms with E-state index in [1.54, 1.807) is 26.2 Å². The molecule has 149 valence electrons. The fourth-order valence-corrected chi connectivity index (χ4v) is 3.41. The Hall–Kier alpha value is -3.99. The van der Waals surface area contributed by atoms with Crippen LogP contribution in [0.2, 0.25) is 0 Å². The van der Waals surface area contributed by atoms with Gasteiger partial charge in [-0.1, -0.05) is 48.5 Å². The van der Waals surface area contributed by atoms with Crippen molar-refractivity contribution in [2.24, 2.45) is 0 Å². The van der Waals surface area contributed by atoms with Crippen molar-refractivity contribution in [2.45, 2.75) is 6.92 Å². The second kappa shape index (κ2) is 8.17. The van der Waals surface area contributed by atoms with Gasteiger partial charge < -0.3 is 14.5 Å². The van der Waals surface area contributed by atoms with Gasteiger partial charge in [0.15, 0.2) is 5.75 Å². The first-order valence-corrected chi connectivity index (χ1v) is 9.48. The highest BCUT2D eigenvalue weighted by Gasteiger charge is 2.25. The molecule has 0 aliphatic carbocycles. The van der Waals surface area contributed by atoms with Crippen LogP contribution in [-0.4, -0.2) is 13.0 Å². The lowest BCUT2D eigenvalue weighted by molar-refractivity contribution is 0.102. The molecule has 1 N–H and O–H groups in total. The number of amides is 1. The van der Waals surface area contributed by atoms with Gasteiger partial charge in [0.05, 0.1) is 12.7 Å². The summed E-state index contributed by atoms with van der Waals surface area (Å²) < 4.78 is 11.3. The molecule has 0 saturated heterocycles. The molecule has 0 aliphatic heterocycles. The Balaban J connectivity index is 1.84. The van der Waals surface area contributed by atoms with Crippen LogP contribution >= 0.6 is 0 Å². The Kier molecular flexibility index (Phi) is 5.26. The van der Waals surface area contributed by atoms with Crippen molar-refractivity contribution in [3.05, 3.63) is 90.2 Å². The van der Waals surface area contributed by atoms with Crippen molar-refractivity contribution in [3.8, 4) is 33.9 Å². The van der Waals surface area contributed by atoms with E-state index in [2.05, 4.69) is 5.32 Å². The third kappa shape index (κ3) is 3.78. The minimum atomic E-state index is -0.338. The molecule has 0 saturated carbocycles. The predicted octanol–water partition coefficient (Wildman–Crippen LogP) is 6.33. The van der Waals surface area contributed by atoms with Crippen molar-refractivity contribution in [1.29, 1.82) is 0 Å². The van der Waals surface area contributed by atoms with Gasteiger partial charge in [-0.2, -0.15) is 0 Å². The molecule has 0 aliphatic rings. The molecule has 1 heterocycles. The van der Waals surface area contributed by atoms with Crippen LogP contribution in [0.15, 0.2) is 83.3 Å². The van der Waals surface area contributed by atoms with Gasteiger partial charge in [0.1, 0.15) is 17.3 Å². The zero-order valence-electron chi connectivity index (χ0n) is 16.6. The molecular formula is C25H20NO4. The fourth-order valence-electron chi connectivity index (χ4n) is 3.41. The molecule has 1 amide bonds. The Morgan fingerprint density at radius 2 is 1.63 bits per heavy atom. The lowest BCUT2D eigenvalue weighted by Gasteiger charge is -2.09. The molecule has 1 aromatic heterocycles. The number of carbonyl (C=O) groups is 1. The number of carbonyl (C=O) groups excluding carboxylic acids is 1. The van der Waals surface area contributed by atoms with E-state index in [-0.39, 0.29) is 11.7 Å². The van der Waals surface area contributed by atoms with Gasteiger partial charge in [0.25, 0.3) is 5.91 Å². The molecule has 0 unspecified atom stereocenters. The third-order valence-corrected chi connectivity index (χ3v) is 4.82. The second-order valence-corrected chi connectivity index (χ2v) is 6.81. The van der Waals surface area contributed by atoms with Crippen LogP contribution in [0.25, 0.3) is 22.5 Å². The monoisotopic (exact) mass is 398 g/mol. The first kappa shape index (κ1) is 19.3. The van der Waals surface area contributed by atoms with Gasteiger partial charge in [-0.3, -0.25) is 9.90 Å². The van der Waals surface area contributed by atoms with Crippen LogP contribution in [0.5, 0.6) is 11.5 Å². The second-order valence-electron chi connectivity index (χ2n) is 6.81. The normalized spacial score (nSPS) is 10.6. The number of methoxy groups -OCH3 is 1. The Bertz CT molecular complexity index is 1180. The average Bonchev–Trinajstić information content (AvgIpc) is 3.11. The van der Waals surface area contributed by atoms with E-state index in [0.717, 1.165) is 16.9 Å². The van der Waals surface area contributed by atoms with Crippen LogP contribution in [0, 0.1) is 6.92 Å². The summed E-state index contributed by atoms with van der Waals surface area (Å²) in [4.78, 5) is 13.2. The first-order chi connectivity index (χ1) is 14.6. The minimum absolute atomic E-state index is 0.169. The molecule has 5 nitrogen and oxygen atoms in total. The van der Waals surface area contributed by atoms with Crippen LogP contribution < -0.4 is 10.1 Å². The highest BCUT2D eigenvalue weighted by Crippen LogP contribution is 2.40. The SMILES string of the molecule is COc1ccc(-c2c(-c3ccccc3)oc(C)c2C(=O)Nc2cccc([O])c2)cc1. The van der Waals surface area contributed by atoms with Gasteiger partial charge in [-0.25, -0.2) is 0 Å². The topological polar surface area (TPSA) is 71.4 Å². The van der Waals surface area contributed by atoms with E-state index in [1.165, 1.54) is 12.1 Å². The maximum absolute atomic E-state index is 13.2. The van der Waals surface area contributed by atoms with E-state index < -0.39 is 0 Å². The van der Waals surface area contributed by atoms with Crippen molar-refractivity contribution >= 4 is 11.6 Å². The quantitative estimate of drug-likeness (QED) is 0.427. The lowest BCUT2D eigenvalue weighted by Crippen LogP contribution is -2.13. The molecule has 5 heteroatoms. The Morgan fingerprint density at radius 3 is 2.30 bits per heavy atom. The molecule has 0 spiro atoms. The molecule has 4 aromatic rings. The first-order valence-electron chi connectivity index (χ1n) is 9.48. The largest absolute Gasteiger partial charge is 0.497 e. The number of hydrogen-bond donors (Lipinski definition) is 1. The van der Waals surface area contributed by atoms with Crippen molar-refractivity contribution in [3.63, 3.8) is 0 Å². The predicted molar refractivity (Wildman–Crippen MR) is 115 cm³/mol. The van der Waals surface area contributed by atoms with E-state index in [9.17, 15) is 9.90 Å². The summed E-state index contributed by atoms with van der Waals surface area (Å²) in [7, 11) is 1.61. The standard InChI is InChI=1S/C25H20NO4/c1-16-22(25(28)26-19-9-6-10-20(27)15-19)23(17-11-13-21(29-2)14-12-17)24(30-16)18-7-4-3-5-8-18/h3-15H,1-2H3,(H,26,28). The van der Waals surface area contributed by atoms with E-state index in [4.69, 9.17) is 9.15 Å². The van der Waals surface area contributed by atoms with Gasteiger partial charge in [0.2, 0.25) is 0 Å². The smallest absolute Gasteiger partial charge is 0.259 e. The van der Waals surface area contributed by atoms with Crippen molar-refractivity contribution in [1.82, 2.24) is 0 Å². The van der Waals surface area contributed by atoms with E-state index in [1.807, 2.05) is 54.6 Å². The summed E-state index contributed by atoms with van der Waals surface area (Å²) in [6.45, 7) is 1.76. The summed E-state index contributed by atoms with van der Waals surface area (Å²) in [6.07, 6.45) is 0. The number of anilines is 1. The van der Waals surface area contributed by atoms with E-state index in [0.29, 0.717) is 28.3 Å². The maximum atomic E-state index is 13.2. The number of hydrogen-bond acceptors (Lipinski definition) is 3. The molecule has 3 aromatic carbocycles. The van der Waals surface area contributed by atoms with Crippen LogP contribution in [0.3, 0.4) is 0 Å². The van der Waals surface area contributed by atoms with Gasteiger partial charge in [0, 0.05) is 22.9 Å². The molecule has 30 heavy (non-hydrogen) atoms. The molecular weight excluding hydrogens is 378 g/mol. The van der Waals surface area contributed by atoms with Gasteiger partial charge in [-0.15, -0.1) is 0 Å². The summed E-state index contributed by atoms with van der Waals surface area (Å²) in [5.74, 6) is 1.32. The van der Waals surface area contributed by atoms with Gasteiger partial charge >= 0.3 is 0 Å². The Labute approximate surface area is 174 Å². The van der Waals surface area contributed by atoms with Crippen LogP contribution in [-0.2, 0) is 5.11 Å². The minimum Gasteiger partial charge on any atom is -0.497 e. The van der Waals surface area contributed by atoms with Crippen LogP contribution in [0.4, 0.5) is 5.69 Å². The number of rotatable bonds is 5. The van der Waals surface area contributed by atoms with Crippen molar-refractivity contribution in [2.75, 3.05) is 12.4 Å². The van der Waals surface area contributed by atoms with Crippen LogP contribution in [0.1, 0.15) is 16.1 Å². The summed E-state index contributed by atoms with van der Waals surface area (Å²) in [5.41, 5.74) is 3.25. The number of benzene rings is 3. The number of aryl methyl sites for hydroxylation is 1. The van der Waals surface area contributed by atoms with Gasteiger partial charge in [-0.05, 0) is 36.8 Å². The molecule has 1 radical (unpaired) electrons. The maximum Gasteiger partial charge on any atom is 0.259 e. The fraction of sp³-hybridized carbons (Fsp3) is 0.0800. The summed E-state index contributed by atoms with van der Waals surface area (Å²) in [6, 6.07) is 23.2. The number of nitrogens with one attached hydrogen (secondary N) is 1. The highest BCUT2D eigenvalue weighted by molar-refractivity contribution is 6.11. The molecule has 4 rings (SSSR count). The van der Waals surface area contributed by atoms with E-state index >= 15 is 0 Å². The molecule has 0 fully saturated rings. The molecule has 0 atom stereocenters. The number of furan rings is 1. The van der Waals surface area contributed by atoms with Crippen molar-refractivity contribution < 1.29 is 19.1 Å². The zero-order chi connectivity index (χ0) is 21.1. The number of ether oxygens (including phenoxy) is 1. The Morgan fingerprint density at radius 1 is 0.900 bits per heavy atom.